The smallest absolute Gasteiger partial charge is 0.318 e. The van der Waals surface area contributed by atoms with Crippen molar-refractivity contribution in [3.05, 3.63) is 30.1 Å². The first-order chi connectivity index (χ1) is 8.25. The van der Waals surface area contributed by atoms with Crippen LogP contribution in [0.5, 0.6) is 0 Å². The molecule has 0 spiro atoms. The summed E-state index contributed by atoms with van der Waals surface area (Å²) in [5.41, 5.74) is 0.821. The number of hydrogen-bond donors (Lipinski definition) is 1. The fourth-order valence-corrected chi connectivity index (χ4v) is 1.44. The van der Waals surface area contributed by atoms with Gasteiger partial charge in [0.1, 0.15) is 0 Å². The van der Waals surface area contributed by atoms with Crippen molar-refractivity contribution in [2.75, 3.05) is 6.54 Å². The third-order valence-corrected chi connectivity index (χ3v) is 2.22. The number of aromatic nitrogens is 1. The Morgan fingerprint density at radius 3 is 2.71 bits per heavy atom. The van der Waals surface area contributed by atoms with Crippen LogP contribution in [-0.2, 0) is 11.3 Å². The zero-order valence-electron chi connectivity index (χ0n) is 10.1. The number of carbonyl (C=O) groups excluding carboxylic acids is 2. The molecule has 17 heavy (non-hydrogen) atoms. The molecular formula is C12H17N3O2. The van der Waals surface area contributed by atoms with Gasteiger partial charge in [0.2, 0.25) is 5.91 Å². The van der Waals surface area contributed by atoms with Crippen LogP contribution >= 0.6 is 0 Å². The fraction of sp³-hybridized carbons (Fsp3) is 0.417. The fourth-order valence-electron chi connectivity index (χ4n) is 1.44. The van der Waals surface area contributed by atoms with E-state index in [1.54, 1.807) is 11.1 Å². The van der Waals surface area contributed by atoms with Crippen molar-refractivity contribution in [1.82, 2.24) is 15.2 Å². The summed E-state index contributed by atoms with van der Waals surface area (Å²) < 4.78 is 0. The summed E-state index contributed by atoms with van der Waals surface area (Å²) >= 11 is 0. The molecule has 5 nitrogen and oxygen atoms in total. The summed E-state index contributed by atoms with van der Waals surface area (Å²) in [4.78, 5) is 28.0. The zero-order chi connectivity index (χ0) is 12.7. The maximum atomic E-state index is 11.4. The van der Waals surface area contributed by atoms with E-state index in [-0.39, 0.29) is 11.9 Å². The molecule has 1 saturated heterocycles. The first-order valence-electron chi connectivity index (χ1n) is 5.74. The van der Waals surface area contributed by atoms with Crippen LogP contribution in [0.25, 0.3) is 0 Å². The molecule has 2 heterocycles. The molecule has 5 heteroatoms. The normalized spacial score (nSPS) is 14.8. The number of amides is 3. The first-order valence-corrected chi connectivity index (χ1v) is 5.74. The second-order valence-electron chi connectivity index (χ2n) is 3.35. The van der Waals surface area contributed by atoms with Crippen LogP contribution < -0.4 is 5.32 Å². The lowest BCUT2D eigenvalue weighted by molar-refractivity contribution is -0.121. The van der Waals surface area contributed by atoms with Gasteiger partial charge in [-0.15, -0.1) is 0 Å². The number of carbonyl (C=O) groups is 2. The number of rotatable bonds is 2. The predicted octanol–water partition coefficient (Wildman–Crippen LogP) is 1.55. The average Bonchev–Trinajstić information content (AvgIpc) is 2.37. The summed E-state index contributed by atoms with van der Waals surface area (Å²) in [6.45, 7) is 4.90. The molecule has 1 fully saturated rings. The Morgan fingerprint density at radius 2 is 2.12 bits per heavy atom. The topological polar surface area (TPSA) is 62.3 Å². The molecule has 1 aliphatic rings. The number of nitrogens with one attached hydrogen (secondary N) is 1. The third-order valence-electron chi connectivity index (χ3n) is 2.22. The molecule has 1 aromatic heterocycles. The average molecular weight is 235 g/mol. The van der Waals surface area contributed by atoms with Gasteiger partial charge in [-0.25, -0.2) is 4.79 Å². The molecule has 0 aromatic carbocycles. The van der Waals surface area contributed by atoms with E-state index in [4.69, 9.17) is 0 Å². The predicted molar refractivity (Wildman–Crippen MR) is 64.2 cm³/mol. The highest BCUT2D eigenvalue weighted by molar-refractivity contribution is 5.96. The van der Waals surface area contributed by atoms with Gasteiger partial charge in [-0.1, -0.05) is 19.9 Å². The van der Waals surface area contributed by atoms with Gasteiger partial charge in [0.25, 0.3) is 0 Å². The number of nitrogens with zero attached hydrogens (tertiary/aromatic N) is 2. The highest BCUT2D eigenvalue weighted by atomic mass is 16.2. The second kappa shape index (κ2) is 6.62. The minimum absolute atomic E-state index is 0.211. The Bertz CT molecular complexity index is 379. The van der Waals surface area contributed by atoms with Crippen molar-refractivity contribution in [3.8, 4) is 0 Å². The lowest BCUT2D eigenvalue weighted by Gasteiger charge is -2.25. The first kappa shape index (κ1) is 13.2. The van der Waals surface area contributed by atoms with Crippen molar-refractivity contribution < 1.29 is 9.59 Å². The van der Waals surface area contributed by atoms with Crippen LogP contribution in [0, 0.1) is 0 Å². The molecule has 0 saturated carbocycles. The molecule has 1 aliphatic heterocycles. The molecule has 0 aliphatic carbocycles. The monoisotopic (exact) mass is 235 g/mol. The molecule has 1 aromatic rings. The van der Waals surface area contributed by atoms with Gasteiger partial charge in [0, 0.05) is 19.2 Å². The van der Waals surface area contributed by atoms with Gasteiger partial charge in [0.15, 0.2) is 0 Å². The standard InChI is InChI=1S/C10H11N3O2.C2H6/c14-9-4-6-13(10(15)12-9)7-8-3-1-2-5-11-8;1-2/h1-3,5H,4,6-7H2,(H,12,14,15);1-2H3. The van der Waals surface area contributed by atoms with Crippen LogP contribution in [0.1, 0.15) is 26.0 Å². The van der Waals surface area contributed by atoms with E-state index in [0.29, 0.717) is 19.5 Å². The number of pyridine rings is 1. The van der Waals surface area contributed by atoms with Crippen molar-refractivity contribution in [2.24, 2.45) is 0 Å². The Morgan fingerprint density at radius 1 is 1.35 bits per heavy atom. The highest BCUT2D eigenvalue weighted by Crippen LogP contribution is 2.05. The van der Waals surface area contributed by atoms with E-state index >= 15 is 0 Å². The van der Waals surface area contributed by atoms with Gasteiger partial charge in [-0.2, -0.15) is 0 Å². The molecule has 3 amide bonds. The maximum Gasteiger partial charge on any atom is 0.324 e. The largest absolute Gasteiger partial charge is 0.324 e. The number of imide groups is 1. The van der Waals surface area contributed by atoms with Crippen molar-refractivity contribution >= 4 is 11.9 Å². The Balaban J connectivity index is 0.000000686. The van der Waals surface area contributed by atoms with Crippen molar-refractivity contribution in [1.29, 1.82) is 0 Å². The van der Waals surface area contributed by atoms with E-state index in [2.05, 4.69) is 10.3 Å². The van der Waals surface area contributed by atoms with Gasteiger partial charge in [-0.3, -0.25) is 15.1 Å². The van der Waals surface area contributed by atoms with Crippen LogP contribution in [0.2, 0.25) is 0 Å². The molecule has 0 atom stereocenters. The Hall–Kier alpha value is -1.91. The van der Waals surface area contributed by atoms with Crippen LogP contribution in [0.4, 0.5) is 4.79 Å². The van der Waals surface area contributed by atoms with Crippen LogP contribution in [-0.4, -0.2) is 28.4 Å². The van der Waals surface area contributed by atoms with Crippen molar-refractivity contribution in [3.63, 3.8) is 0 Å². The van der Waals surface area contributed by atoms with Crippen LogP contribution in [0.3, 0.4) is 0 Å². The maximum absolute atomic E-state index is 11.4. The van der Waals surface area contributed by atoms with E-state index in [9.17, 15) is 9.59 Å². The SMILES string of the molecule is CC.O=C1CCN(Cc2ccccn2)C(=O)N1. The Kier molecular flexibility index (Phi) is 5.13. The van der Waals surface area contributed by atoms with Gasteiger partial charge in [-0.05, 0) is 12.1 Å². The third kappa shape index (κ3) is 3.86. The number of hydrogen-bond acceptors (Lipinski definition) is 3. The second-order valence-corrected chi connectivity index (χ2v) is 3.35. The van der Waals surface area contributed by atoms with E-state index in [1.165, 1.54) is 0 Å². The van der Waals surface area contributed by atoms with E-state index in [0.717, 1.165) is 5.69 Å². The van der Waals surface area contributed by atoms with Gasteiger partial charge < -0.3 is 4.90 Å². The zero-order valence-corrected chi connectivity index (χ0v) is 10.1. The minimum Gasteiger partial charge on any atom is -0.318 e. The molecule has 2 rings (SSSR count). The van der Waals surface area contributed by atoms with Gasteiger partial charge in [0.05, 0.1) is 12.2 Å². The lowest BCUT2D eigenvalue weighted by atomic mass is 10.2. The molecular weight excluding hydrogens is 218 g/mol. The minimum atomic E-state index is -0.336. The Labute approximate surface area is 101 Å². The quantitative estimate of drug-likeness (QED) is 0.846. The summed E-state index contributed by atoms with van der Waals surface area (Å²) in [7, 11) is 0. The summed E-state index contributed by atoms with van der Waals surface area (Å²) in [6, 6.07) is 5.21. The van der Waals surface area contributed by atoms with Crippen molar-refractivity contribution in [2.45, 2.75) is 26.8 Å². The van der Waals surface area contributed by atoms with Crippen LogP contribution in [0.15, 0.2) is 24.4 Å². The molecule has 1 N–H and O–H groups in total. The summed E-state index contributed by atoms with van der Waals surface area (Å²) in [5.74, 6) is -0.211. The highest BCUT2D eigenvalue weighted by Gasteiger charge is 2.22. The van der Waals surface area contributed by atoms with E-state index in [1.807, 2.05) is 32.0 Å². The van der Waals surface area contributed by atoms with Gasteiger partial charge >= 0.3 is 6.03 Å². The lowest BCUT2D eigenvalue weighted by Crippen LogP contribution is -2.48. The van der Waals surface area contributed by atoms with E-state index < -0.39 is 0 Å². The molecule has 0 unspecified atom stereocenters. The summed E-state index contributed by atoms with van der Waals surface area (Å²) in [6.07, 6.45) is 2.04. The number of urea groups is 1. The molecule has 0 radical (unpaired) electrons. The molecule has 92 valence electrons. The molecule has 0 bridgehead atoms. The summed E-state index contributed by atoms with van der Waals surface area (Å²) in [5, 5.41) is 2.27.